The van der Waals surface area contributed by atoms with Crippen LogP contribution in [0.3, 0.4) is 0 Å². The molecule has 2 nitrogen and oxygen atoms in total. The molecule has 0 heterocycles. The minimum atomic E-state index is 0.0165. The van der Waals surface area contributed by atoms with Crippen molar-refractivity contribution in [2.24, 2.45) is 11.8 Å². The summed E-state index contributed by atoms with van der Waals surface area (Å²) in [6.45, 7) is 0. The Hall–Kier alpha value is -0.0800. The highest BCUT2D eigenvalue weighted by Gasteiger charge is 2.40. The Morgan fingerprint density at radius 1 is 1.09 bits per heavy atom. The van der Waals surface area contributed by atoms with Gasteiger partial charge in [0.15, 0.2) is 0 Å². The van der Waals surface area contributed by atoms with E-state index in [1.54, 1.807) is 0 Å². The topological polar surface area (TPSA) is 32.3 Å². The zero-order valence-corrected chi connectivity index (χ0v) is 7.09. The van der Waals surface area contributed by atoms with Crippen molar-refractivity contribution in [2.45, 2.75) is 37.8 Å². The van der Waals surface area contributed by atoms with Crippen molar-refractivity contribution in [1.82, 2.24) is 5.32 Å². The number of hydrogen-bond acceptors (Lipinski definition) is 2. The lowest BCUT2D eigenvalue weighted by molar-refractivity contribution is 0.170. The van der Waals surface area contributed by atoms with E-state index in [9.17, 15) is 5.11 Å². The van der Waals surface area contributed by atoms with E-state index < -0.39 is 0 Å². The highest BCUT2D eigenvalue weighted by atomic mass is 16.3. The third-order valence-electron chi connectivity index (χ3n) is 3.40. The summed E-state index contributed by atoms with van der Waals surface area (Å²) in [4.78, 5) is 0. The van der Waals surface area contributed by atoms with Crippen molar-refractivity contribution in [3.05, 3.63) is 0 Å². The van der Waals surface area contributed by atoms with Gasteiger partial charge in [0.1, 0.15) is 0 Å². The van der Waals surface area contributed by atoms with E-state index in [0.29, 0.717) is 0 Å². The summed E-state index contributed by atoms with van der Waals surface area (Å²) < 4.78 is 0. The SMILES string of the molecule is CN[C@@H]1C[C@H]2C[C@@H](O)C[C@H]2C1. The molecule has 2 aliphatic rings. The van der Waals surface area contributed by atoms with Crippen molar-refractivity contribution >= 4 is 0 Å². The van der Waals surface area contributed by atoms with Gasteiger partial charge < -0.3 is 10.4 Å². The Morgan fingerprint density at radius 3 is 2.09 bits per heavy atom. The number of rotatable bonds is 1. The predicted octanol–water partition coefficient (Wildman–Crippen LogP) is 0.755. The maximum atomic E-state index is 9.37. The molecule has 0 radical (unpaired) electrons. The van der Waals surface area contributed by atoms with Crippen LogP contribution in [-0.4, -0.2) is 24.3 Å². The molecule has 4 atom stereocenters. The van der Waals surface area contributed by atoms with Crippen LogP contribution in [0.15, 0.2) is 0 Å². The standard InChI is InChI=1S/C9H17NO/c1-10-8-2-6-4-9(11)5-7(6)3-8/h6-11H,2-5H2,1H3/t6-,7+,8+,9+. The lowest BCUT2D eigenvalue weighted by Crippen LogP contribution is -2.22. The molecule has 0 saturated heterocycles. The average Bonchev–Trinajstić information content (AvgIpc) is 2.43. The molecule has 0 spiro atoms. The van der Waals surface area contributed by atoms with Gasteiger partial charge in [-0.2, -0.15) is 0 Å². The van der Waals surface area contributed by atoms with E-state index >= 15 is 0 Å². The lowest BCUT2D eigenvalue weighted by Gasteiger charge is -2.09. The molecule has 2 N–H and O–H groups in total. The first-order valence-corrected chi connectivity index (χ1v) is 4.65. The Labute approximate surface area is 68.0 Å². The highest BCUT2D eigenvalue weighted by molar-refractivity contribution is 4.93. The van der Waals surface area contributed by atoms with Crippen LogP contribution in [0.1, 0.15) is 25.7 Å². The lowest BCUT2D eigenvalue weighted by atomic mass is 10.0. The van der Waals surface area contributed by atoms with Gasteiger partial charge in [-0.3, -0.25) is 0 Å². The molecule has 2 rings (SSSR count). The van der Waals surface area contributed by atoms with Gasteiger partial charge in [-0.15, -0.1) is 0 Å². The number of fused-ring (bicyclic) bond motifs is 1. The average molecular weight is 155 g/mol. The highest BCUT2D eigenvalue weighted by Crippen LogP contribution is 2.43. The molecule has 0 aliphatic heterocycles. The molecule has 0 aromatic rings. The van der Waals surface area contributed by atoms with Gasteiger partial charge in [-0.1, -0.05) is 0 Å². The first-order valence-electron chi connectivity index (χ1n) is 4.65. The number of hydrogen-bond donors (Lipinski definition) is 2. The summed E-state index contributed by atoms with van der Waals surface area (Å²) >= 11 is 0. The molecule has 0 bridgehead atoms. The zero-order chi connectivity index (χ0) is 7.84. The zero-order valence-electron chi connectivity index (χ0n) is 7.09. The maximum Gasteiger partial charge on any atom is 0.0545 e. The van der Waals surface area contributed by atoms with Crippen LogP contribution >= 0.6 is 0 Å². The summed E-state index contributed by atoms with van der Waals surface area (Å²) in [6, 6.07) is 0.734. The van der Waals surface area contributed by atoms with Crippen molar-refractivity contribution in [1.29, 1.82) is 0 Å². The van der Waals surface area contributed by atoms with Gasteiger partial charge in [-0.25, -0.2) is 0 Å². The first kappa shape index (κ1) is 7.56. The second-order valence-electron chi connectivity index (χ2n) is 4.10. The van der Waals surface area contributed by atoms with Crippen LogP contribution < -0.4 is 5.32 Å². The van der Waals surface area contributed by atoms with E-state index in [-0.39, 0.29) is 6.10 Å². The number of aliphatic hydroxyl groups excluding tert-OH is 1. The fourth-order valence-electron chi connectivity index (χ4n) is 2.82. The van der Waals surface area contributed by atoms with Gasteiger partial charge in [0.2, 0.25) is 0 Å². The smallest absolute Gasteiger partial charge is 0.0545 e. The van der Waals surface area contributed by atoms with Crippen LogP contribution in [0.5, 0.6) is 0 Å². The Balaban J connectivity index is 1.93. The van der Waals surface area contributed by atoms with Crippen molar-refractivity contribution in [3.8, 4) is 0 Å². The van der Waals surface area contributed by atoms with E-state index in [4.69, 9.17) is 0 Å². The quantitative estimate of drug-likeness (QED) is 0.586. The third-order valence-corrected chi connectivity index (χ3v) is 3.40. The second kappa shape index (κ2) is 2.76. The molecule has 0 aromatic heterocycles. The van der Waals surface area contributed by atoms with Gasteiger partial charge in [0.05, 0.1) is 6.10 Å². The summed E-state index contributed by atoms with van der Waals surface area (Å²) in [5.41, 5.74) is 0. The minimum absolute atomic E-state index is 0.0165. The van der Waals surface area contributed by atoms with E-state index in [2.05, 4.69) is 5.32 Å². The largest absolute Gasteiger partial charge is 0.393 e. The second-order valence-corrected chi connectivity index (χ2v) is 4.10. The number of aliphatic hydroxyl groups is 1. The number of nitrogens with one attached hydrogen (secondary N) is 1. The Morgan fingerprint density at radius 2 is 1.64 bits per heavy atom. The summed E-state index contributed by atoms with van der Waals surface area (Å²) in [6.07, 6.45) is 4.71. The minimum Gasteiger partial charge on any atom is -0.393 e. The third kappa shape index (κ3) is 1.30. The molecule has 2 aliphatic carbocycles. The molecule has 0 unspecified atom stereocenters. The van der Waals surface area contributed by atoms with E-state index in [1.165, 1.54) is 12.8 Å². The van der Waals surface area contributed by atoms with Crippen LogP contribution in [0, 0.1) is 11.8 Å². The molecule has 2 heteroatoms. The van der Waals surface area contributed by atoms with Crippen LogP contribution in [0.4, 0.5) is 0 Å². The fraction of sp³-hybridized carbons (Fsp3) is 1.00. The molecular weight excluding hydrogens is 138 g/mol. The van der Waals surface area contributed by atoms with Crippen LogP contribution in [-0.2, 0) is 0 Å². The molecular formula is C9H17NO. The summed E-state index contributed by atoms with van der Waals surface area (Å²) in [5.74, 6) is 1.64. The molecule has 2 fully saturated rings. The molecule has 0 amide bonds. The fourth-order valence-corrected chi connectivity index (χ4v) is 2.82. The molecule has 2 saturated carbocycles. The summed E-state index contributed by atoms with van der Waals surface area (Å²) in [7, 11) is 2.04. The first-order chi connectivity index (χ1) is 5.29. The van der Waals surface area contributed by atoms with Crippen LogP contribution in [0.25, 0.3) is 0 Å². The van der Waals surface area contributed by atoms with Gasteiger partial charge >= 0.3 is 0 Å². The van der Waals surface area contributed by atoms with Gasteiger partial charge in [0, 0.05) is 6.04 Å². The predicted molar refractivity (Wildman–Crippen MR) is 44.3 cm³/mol. The van der Waals surface area contributed by atoms with Crippen molar-refractivity contribution in [3.63, 3.8) is 0 Å². The van der Waals surface area contributed by atoms with Gasteiger partial charge in [0.25, 0.3) is 0 Å². The van der Waals surface area contributed by atoms with Crippen LogP contribution in [0.2, 0.25) is 0 Å². The van der Waals surface area contributed by atoms with E-state index in [0.717, 1.165) is 30.7 Å². The van der Waals surface area contributed by atoms with Crippen molar-refractivity contribution < 1.29 is 5.11 Å². The Bertz CT molecular complexity index is 134. The van der Waals surface area contributed by atoms with Crippen molar-refractivity contribution in [2.75, 3.05) is 7.05 Å². The van der Waals surface area contributed by atoms with E-state index in [1.807, 2.05) is 7.05 Å². The molecule has 0 aromatic carbocycles. The van der Waals surface area contributed by atoms with Gasteiger partial charge in [-0.05, 0) is 44.6 Å². The molecule has 11 heavy (non-hydrogen) atoms. The Kier molecular flexibility index (Phi) is 1.90. The monoisotopic (exact) mass is 155 g/mol. The summed E-state index contributed by atoms with van der Waals surface area (Å²) in [5, 5.41) is 12.7. The normalized spacial score (nSPS) is 49.6. The molecule has 64 valence electrons. The maximum absolute atomic E-state index is 9.37.